The summed E-state index contributed by atoms with van der Waals surface area (Å²) in [6, 6.07) is 28.1. The minimum absolute atomic E-state index is 0.0490. The Bertz CT molecular complexity index is 2010. The van der Waals surface area contributed by atoms with Crippen LogP contribution in [0.2, 0.25) is 0 Å². The van der Waals surface area contributed by atoms with Gasteiger partial charge in [0.15, 0.2) is 0 Å². The van der Waals surface area contributed by atoms with Crippen LogP contribution in [0.15, 0.2) is 91.1 Å². The zero-order valence-electron chi connectivity index (χ0n) is 28.3. The van der Waals surface area contributed by atoms with Crippen molar-refractivity contribution in [2.45, 2.75) is 62.8 Å². The molecule has 1 fully saturated rings. The van der Waals surface area contributed by atoms with Crippen molar-refractivity contribution >= 4 is 29.0 Å². The number of aliphatic hydroxyl groups excluding tert-OH is 1. The van der Waals surface area contributed by atoms with E-state index in [9.17, 15) is 24.9 Å². The van der Waals surface area contributed by atoms with Gasteiger partial charge < -0.3 is 35.4 Å². The molecule has 2 aliphatic rings. The summed E-state index contributed by atoms with van der Waals surface area (Å²) >= 11 is 0. The molecule has 0 bridgehead atoms. The Labute approximate surface area is 292 Å². The standard InChI is InChI=1S/C41H44N4O5/c1-44(30-13-10-27(11-14-30)31-7-4-8-33-32-5-2-3-6-34(32)40(39(31)33)41(49)50)19-20-45-18-17-28-21-26(9-15-36(28)45)23-42-24-38(48)29-12-16-37(47)35(22-29)43-25-46/h2-9,12,15-18,21-22,25,27,30,38,40,42,47-48H,10-11,13-14,19-20,23-24H2,1H3,(H,43,46)(H,49,50)/t27?,30?,38-,40?/m0/s1. The van der Waals surface area contributed by atoms with Crippen molar-refractivity contribution in [3.8, 4) is 16.9 Å². The highest BCUT2D eigenvalue weighted by Crippen LogP contribution is 2.49. The van der Waals surface area contributed by atoms with Crippen LogP contribution in [0.1, 0.15) is 71.4 Å². The minimum atomic E-state index is -0.791. The number of benzene rings is 4. The molecule has 1 amide bonds. The normalized spacial score (nSPS) is 18.9. The second kappa shape index (κ2) is 14.5. The number of carbonyl (C=O) groups is 2. The first-order valence-electron chi connectivity index (χ1n) is 17.5. The number of nitrogens with zero attached hydrogens (tertiary/aromatic N) is 2. The van der Waals surface area contributed by atoms with Crippen molar-refractivity contribution in [3.05, 3.63) is 119 Å². The molecule has 50 heavy (non-hydrogen) atoms. The number of carboxylic acid groups (broad SMARTS) is 1. The lowest BCUT2D eigenvalue weighted by Crippen LogP contribution is -2.36. The van der Waals surface area contributed by atoms with Crippen molar-refractivity contribution in [2.24, 2.45) is 0 Å². The lowest BCUT2D eigenvalue weighted by molar-refractivity contribution is -0.137. The Morgan fingerprint density at radius 3 is 2.54 bits per heavy atom. The fourth-order valence-electron chi connectivity index (χ4n) is 8.14. The van der Waals surface area contributed by atoms with E-state index >= 15 is 0 Å². The molecule has 1 aromatic heterocycles. The first-order valence-corrected chi connectivity index (χ1v) is 17.5. The van der Waals surface area contributed by atoms with Crippen LogP contribution >= 0.6 is 0 Å². The van der Waals surface area contributed by atoms with Gasteiger partial charge in [0, 0.05) is 43.9 Å². The van der Waals surface area contributed by atoms with Gasteiger partial charge in [-0.05, 0) is 113 Å². The quantitative estimate of drug-likeness (QED) is 0.0706. The Kier molecular flexibility index (Phi) is 9.72. The van der Waals surface area contributed by atoms with Gasteiger partial charge in [-0.2, -0.15) is 0 Å². The SMILES string of the molecule is CN(CCn1ccc2cc(CNC[C@H](O)c3ccc(O)c(NC=O)c3)ccc21)C1CCC(c2cccc3c2C(C(=O)O)c2ccccc2-3)CC1. The molecule has 0 radical (unpaired) electrons. The van der Waals surface area contributed by atoms with E-state index in [-0.39, 0.29) is 11.4 Å². The van der Waals surface area contributed by atoms with Crippen LogP contribution in [0, 0.1) is 0 Å². The Morgan fingerprint density at radius 1 is 0.960 bits per heavy atom. The predicted molar refractivity (Wildman–Crippen MR) is 195 cm³/mol. The highest BCUT2D eigenvalue weighted by molar-refractivity contribution is 5.93. The number of aliphatic carboxylic acids is 1. The molecule has 0 aliphatic heterocycles. The fourth-order valence-corrected chi connectivity index (χ4v) is 8.14. The molecule has 4 aromatic carbocycles. The lowest BCUT2D eigenvalue weighted by Gasteiger charge is -2.36. The Hall–Kier alpha value is -4.96. The summed E-state index contributed by atoms with van der Waals surface area (Å²) < 4.78 is 2.31. The minimum Gasteiger partial charge on any atom is -0.506 e. The Balaban J connectivity index is 0.918. The van der Waals surface area contributed by atoms with Gasteiger partial charge in [-0.1, -0.05) is 54.6 Å². The van der Waals surface area contributed by atoms with Gasteiger partial charge in [-0.25, -0.2) is 0 Å². The number of carbonyl (C=O) groups excluding carboxylic acids is 1. The van der Waals surface area contributed by atoms with E-state index < -0.39 is 18.0 Å². The second-order valence-electron chi connectivity index (χ2n) is 13.7. The maximum absolute atomic E-state index is 12.5. The number of aromatic hydroxyl groups is 1. The van der Waals surface area contributed by atoms with Crippen molar-refractivity contribution in [1.82, 2.24) is 14.8 Å². The largest absolute Gasteiger partial charge is 0.506 e. The van der Waals surface area contributed by atoms with E-state index in [1.807, 2.05) is 18.2 Å². The van der Waals surface area contributed by atoms with Gasteiger partial charge in [-0.15, -0.1) is 0 Å². The number of hydrogen-bond acceptors (Lipinski definition) is 6. The van der Waals surface area contributed by atoms with Crippen LogP contribution in [0.25, 0.3) is 22.0 Å². The maximum Gasteiger partial charge on any atom is 0.315 e. The first-order chi connectivity index (χ1) is 24.3. The summed E-state index contributed by atoms with van der Waals surface area (Å²) in [4.78, 5) is 25.7. The molecule has 7 rings (SSSR count). The number of anilines is 1. The maximum atomic E-state index is 12.5. The number of aromatic nitrogens is 1. The van der Waals surface area contributed by atoms with Gasteiger partial charge in [0.1, 0.15) is 11.7 Å². The van der Waals surface area contributed by atoms with Crippen molar-refractivity contribution in [2.75, 3.05) is 25.5 Å². The number of likely N-dealkylation sites (N-methyl/N-ethyl adjacent to an activating group) is 1. The summed E-state index contributed by atoms with van der Waals surface area (Å²) in [7, 11) is 2.23. The molecule has 1 saturated carbocycles. The van der Waals surface area contributed by atoms with E-state index in [2.05, 4.69) is 81.9 Å². The van der Waals surface area contributed by atoms with E-state index in [0.717, 1.165) is 66.6 Å². The van der Waals surface area contributed by atoms with Crippen molar-refractivity contribution in [1.29, 1.82) is 0 Å². The fraction of sp³-hybridized carbons (Fsp3) is 0.317. The number of carboxylic acids is 1. The lowest BCUT2D eigenvalue weighted by atomic mass is 9.77. The third kappa shape index (κ3) is 6.64. The van der Waals surface area contributed by atoms with Gasteiger partial charge >= 0.3 is 5.97 Å². The first kappa shape index (κ1) is 33.5. The topological polar surface area (TPSA) is 127 Å². The molecule has 0 saturated heterocycles. The molecular weight excluding hydrogens is 628 g/mol. The van der Waals surface area contributed by atoms with Crippen LogP contribution in [0.4, 0.5) is 5.69 Å². The number of hydrogen-bond donors (Lipinski definition) is 5. The summed E-state index contributed by atoms with van der Waals surface area (Å²) in [5.74, 6) is -1.04. The van der Waals surface area contributed by atoms with Crippen LogP contribution < -0.4 is 10.6 Å². The van der Waals surface area contributed by atoms with E-state index in [1.54, 1.807) is 12.1 Å². The second-order valence-corrected chi connectivity index (χ2v) is 13.7. The number of amides is 1. The van der Waals surface area contributed by atoms with Crippen molar-refractivity contribution in [3.63, 3.8) is 0 Å². The van der Waals surface area contributed by atoms with E-state index in [1.165, 1.54) is 22.5 Å². The zero-order valence-corrected chi connectivity index (χ0v) is 28.3. The number of aliphatic hydroxyl groups is 1. The monoisotopic (exact) mass is 672 g/mol. The van der Waals surface area contributed by atoms with Gasteiger partial charge in [0.05, 0.1) is 11.8 Å². The molecule has 2 aliphatic carbocycles. The van der Waals surface area contributed by atoms with Crippen LogP contribution in [0.3, 0.4) is 0 Å². The van der Waals surface area contributed by atoms with Crippen LogP contribution in [0.5, 0.6) is 5.75 Å². The van der Waals surface area contributed by atoms with Crippen LogP contribution in [-0.4, -0.2) is 63.3 Å². The average molecular weight is 673 g/mol. The van der Waals surface area contributed by atoms with Crippen molar-refractivity contribution < 1.29 is 24.9 Å². The summed E-state index contributed by atoms with van der Waals surface area (Å²) in [6.07, 6.45) is 6.16. The number of fused-ring (bicyclic) bond motifs is 4. The highest BCUT2D eigenvalue weighted by atomic mass is 16.4. The summed E-state index contributed by atoms with van der Waals surface area (Å²) in [6.45, 7) is 2.75. The highest BCUT2D eigenvalue weighted by Gasteiger charge is 2.37. The third-order valence-corrected chi connectivity index (χ3v) is 10.8. The Morgan fingerprint density at radius 2 is 1.74 bits per heavy atom. The molecule has 258 valence electrons. The molecule has 0 spiro atoms. The molecule has 2 atom stereocenters. The molecule has 5 N–H and O–H groups in total. The smallest absolute Gasteiger partial charge is 0.315 e. The number of rotatable bonds is 13. The molecule has 9 heteroatoms. The molecular formula is C41H44N4O5. The van der Waals surface area contributed by atoms with E-state index in [4.69, 9.17) is 0 Å². The molecule has 1 unspecified atom stereocenters. The van der Waals surface area contributed by atoms with Gasteiger partial charge in [0.25, 0.3) is 0 Å². The van der Waals surface area contributed by atoms with Crippen LogP contribution in [-0.2, 0) is 22.7 Å². The molecule has 9 nitrogen and oxygen atoms in total. The van der Waals surface area contributed by atoms with Gasteiger partial charge in [-0.3, -0.25) is 9.59 Å². The van der Waals surface area contributed by atoms with E-state index in [0.29, 0.717) is 37.0 Å². The summed E-state index contributed by atoms with van der Waals surface area (Å²) in [5, 5.41) is 37.6. The summed E-state index contributed by atoms with van der Waals surface area (Å²) in [5.41, 5.74) is 8.45. The third-order valence-electron chi connectivity index (χ3n) is 10.8. The molecule has 5 aromatic rings. The number of phenols is 1. The average Bonchev–Trinajstić information content (AvgIpc) is 3.70. The zero-order chi connectivity index (χ0) is 34.8. The predicted octanol–water partition coefficient (Wildman–Crippen LogP) is 6.59. The number of phenolic OH excluding ortho intramolecular Hbond substituents is 1. The number of nitrogens with one attached hydrogen (secondary N) is 2. The van der Waals surface area contributed by atoms with Gasteiger partial charge in [0.2, 0.25) is 6.41 Å². The molecule has 1 heterocycles.